The maximum atomic E-state index is 13.7. The van der Waals surface area contributed by atoms with E-state index >= 15 is 0 Å². The monoisotopic (exact) mass is 636 g/mol. The summed E-state index contributed by atoms with van der Waals surface area (Å²) >= 11 is 0. The first-order valence-corrected chi connectivity index (χ1v) is 13.9. The minimum absolute atomic E-state index is 0.00818. The molecule has 0 aliphatic carbocycles. The molecule has 4 aromatic rings. The maximum absolute atomic E-state index is 13.7. The summed E-state index contributed by atoms with van der Waals surface area (Å²) in [6.07, 6.45) is 15.4. The zero-order valence-electron chi connectivity index (χ0n) is 25.2. The van der Waals surface area contributed by atoms with Gasteiger partial charge in [0.1, 0.15) is 23.0 Å². The second-order valence-electron chi connectivity index (χ2n) is 10.2. The van der Waals surface area contributed by atoms with E-state index in [-0.39, 0.29) is 67.8 Å². The molecule has 232 valence electrons. The minimum atomic E-state index is -1.22. The number of nitrogens with zero attached hydrogens (tertiary/aromatic N) is 2. The maximum Gasteiger partial charge on any atom is 0.519 e. The minimum Gasteiger partial charge on any atom is -0.495 e. The lowest BCUT2D eigenvalue weighted by atomic mass is 10.0. The van der Waals surface area contributed by atoms with Crippen molar-refractivity contribution in [3.8, 4) is 60.0 Å². The van der Waals surface area contributed by atoms with Gasteiger partial charge in [0.25, 0.3) is 23.6 Å². The highest BCUT2D eigenvalue weighted by molar-refractivity contribution is 6.36. The summed E-state index contributed by atoms with van der Waals surface area (Å²) in [4.78, 5) is 69.1. The van der Waals surface area contributed by atoms with Crippen LogP contribution in [0.5, 0.6) is 23.0 Å². The van der Waals surface area contributed by atoms with Crippen molar-refractivity contribution in [3.63, 3.8) is 0 Å². The number of anilines is 2. The summed E-state index contributed by atoms with van der Waals surface area (Å²) < 4.78 is 21.2. The van der Waals surface area contributed by atoms with Crippen LogP contribution < -0.4 is 28.7 Å². The van der Waals surface area contributed by atoms with E-state index in [2.05, 4.69) is 17.8 Å². The van der Waals surface area contributed by atoms with Crippen molar-refractivity contribution in [2.75, 3.05) is 24.0 Å². The molecule has 0 fully saturated rings. The van der Waals surface area contributed by atoms with E-state index in [0.717, 1.165) is 9.80 Å². The van der Waals surface area contributed by atoms with Crippen molar-refractivity contribution in [1.29, 1.82) is 0 Å². The third-order valence-corrected chi connectivity index (χ3v) is 7.52. The van der Waals surface area contributed by atoms with Gasteiger partial charge in [-0.1, -0.05) is 23.8 Å². The lowest BCUT2D eigenvalue weighted by molar-refractivity contribution is 0.0912. The van der Waals surface area contributed by atoms with Crippen molar-refractivity contribution in [1.82, 2.24) is 0 Å². The third-order valence-electron chi connectivity index (χ3n) is 7.52. The van der Waals surface area contributed by atoms with Crippen LogP contribution >= 0.6 is 0 Å². The smallest absolute Gasteiger partial charge is 0.495 e. The van der Waals surface area contributed by atoms with E-state index in [1.165, 1.54) is 68.8 Å². The van der Waals surface area contributed by atoms with E-state index in [1.54, 1.807) is 12.1 Å². The van der Waals surface area contributed by atoms with Gasteiger partial charge in [0.15, 0.2) is 0 Å². The molecule has 11 nitrogen and oxygen atoms in total. The van der Waals surface area contributed by atoms with Crippen LogP contribution in [-0.4, -0.2) is 44.0 Å². The van der Waals surface area contributed by atoms with E-state index in [1.807, 2.05) is 0 Å². The van der Waals surface area contributed by atoms with Crippen LogP contribution in [0.4, 0.5) is 16.2 Å². The lowest BCUT2D eigenvalue weighted by Crippen LogP contribution is -2.32. The second-order valence-corrected chi connectivity index (χ2v) is 10.2. The number of imide groups is 2. The van der Waals surface area contributed by atoms with Crippen LogP contribution in [0.2, 0.25) is 0 Å². The predicted octanol–water partition coefficient (Wildman–Crippen LogP) is 4.83. The van der Waals surface area contributed by atoms with Crippen LogP contribution in [0.1, 0.15) is 58.1 Å². The Labute approximate surface area is 273 Å². The fourth-order valence-electron chi connectivity index (χ4n) is 5.31. The van der Waals surface area contributed by atoms with Crippen molar-refractivity contribution in [3.05, 3.63) is 106 Å². The molecule has 48 heavy (non-hydrogen) atoms. The SMILES string of the molecule is C#Cc1cccc(OC(=O)Oc2cc(N3C(=O)c4cc(C#C)c(OC)cc4C3=O)cc(N3C(=O)c4cc(C#C)c(OC)cc4C3=O)c2)c1. The van der Waals surface area contributed by atoms with Gasteiger partial charge in [-0.3, -0.25) is 19.2 Å². The molecule has 0 saturated carbocycles. The zero-order valence-corrected chi connectivity index (χ0v) is 25.2. The Morgan fingerprint density at radius 1 is 0.583 bits per heavy atom. The largest absolute Gasteiger partial charge is 0.519 e. The van der Waals surface area contributed by atoms with Gasteiger partial charge < -0.3 is 18.9 Å². The fourth-order valence-corrected chi connectivity index (χ4v) is 5.31. The molecule has 2 aliphatic heterocycles. The molecule has 0 spiro atoms. The predicted molar refractivity (Wildman–Crippen MR) is 172 cm³/mol. The van der Waals surface area contributed by atoms with Crippen LogP contribution in [0, 0.1) is 37.0 Å². The summed E-state index contributed by atoms with van der Waals surface area (Å²) in [5, 5.41) is 0. The molecule has 0 N–H and O–H groups in total. The number of fused-ring (bicyclic) bond motifs is 2. The van der Waals surface area contributed by atoms with E-state index < -0.39 is 29.8 Å². The number of carbonyl (C=O) groups is 5. The van der Waals surface area contributed by atoms with Gasteiger partial charge in [0.05, 0.1) is 59.0 Å². The van der Waals surface area contributed by atoms with Gasteiger partial charge in [-0.2, -0.15) is 0 Å². The van der Waals surface area contributed by atoms with Crippen LogP contribution in [0.3, 0.4) is 0 Å². The molecule has 6 rings (SSSR count). The summed E-state index contributed by atoms with van der Waals surface area (Å²) in [7, 11) is 2.72. The Morgan fingerprint density at radius 2 is 1.04 bits per heavy atom. The summed E-state index contributed by atoms with van der Waals surface area (Å²) in [6.45, 7) is 0. The van der Waals surface area contributed by atoms with Crippen molar-refractivity contribution in [2.24, 2.45) is 0 Å². The molecule has 11 heteroatoms. The first kappa shape index (κ1) is 30.7. The summed E-state index contributed by atoms with van der Waals surface area (Å²) in [6, 6.07) is 15.1. The van der Waals surface area contributed by atoms with Crippen molar-refractivity contribution >= 4 is 41.2 Å². The highest BCUT2D eigenvalue weighted by Gasteiger charge is 2.41. The van der Waals surface area contributed by atoms with Gasteiger partial charge in [0.2, 0.25) is 0 Å². The quantitative estimate of drug-likeness (QED) is 0.127. The van der Waals surface area contributed by atoms with Crippen molar-refractivity contribution in [2.45, 2.75) is 0 Å². The molecule has 0 bridgehead atoms. The first-order valence-electron chi connectivity index (χ1n) is 13.9. The zero-order chi connectivity index (χ0) is 34.3. The molecule has 4 aromatic carbocycles. The Bertz CT molecular complexity index is 2150. The Hall–Kier alpha value is -7.29. The van der Waals surface area contributed by atoms with E-state index in [0.29, 0.717) is 5.56 Å². The number of methoxy groups -OCH3 is 2. The normalized spacial score (nSPS) is 12.9. The van der Waals surface area contributed by atoms with E-state index in [9.17, 15) is 24.0 Å². The number of benzene rings is 4. The standard InChI is InChI=1S/C37H20N2O9/c1-6-20-10-9-11-25(12-20)47-37(44)48-26-16-23(38-33(40)27-13-21(7-2)31(45-4)18-29(27)35(38)42)15-24(17-26)39-34(41)28-14-22(8-3)32(46-5)19-30(28)36(39)43/h1-3,9-19H,4-5H3. The molecule has 2 heterocycles. The molecule has 0 radical (unpaired) electrons. The summed E-state index contributed by atoms with van der Waals surface area (Å²) in [5.74, 6) is 4.37. The average molecular weight is 637 g/mol. The Kier molecular flexibility index (Phi) is 7.62. The van der Waals surface area contributed by atoms with Gasteiger partial charge in [-0.25, -0.2) is 14.6 Å². The molecular formula is C37H20N2O9. The van der Waals surface area contributed by atoms with Crippen LogP contribution in [0.15, 0.2) is 66.7 Å². The highest BCUT2D eigenvalue weighted by atomic mass is 16.7. The molecule has 4 amide bonds. The number of terminal acetylenes is 3. The number of carbonyl (C=O) groups excluding carboxylic acids is 5. The molecular weight excluding hydrogens is 616 g/mol. The molecule has 0 unspecified atom stereocenters. The molecule has 0 saturated heterocycles. The number of hydrogen-bond acceptors (Lipinski definition) is 9. The number of hydrogen-bond donors (Lipinski definition) is 0. The number of ether oxygens (including phenoxy) is 4. The molecule has 2 aliphatic rings. The highest BCUT2D eigenvalue weighted by Crippen LogP contribution is 2.39. The Morgan fingerprint density at radius 3 is 1.48 bits per heavy atom. The van der Waals surface area contributed by atoms with Gasteiger partial charge in [-0.05, 0) is 48.5 Å². The topological polar surface area (TPSA) is 129 Å². The number of amides is 4. The lowest BCUT2D eigenvalue weighted by Gasteiger charge is -2.20. The van der Waals surface area contributed by atoms with Gasteiger partial charge in [-0.15, -0.1) is 19.3 Å². The van der Waals surface area contributed by atoms with Gasteiger partial charge >= 0.3 is 6.16 Å². The fraction of sp³-hybridized carbons (Fsp3) is 0.0541. The molecule has 0 atom stereocenters. The third kappa shape index (κ3) is 5.02. The Balaban J connectivity index is 1.44. The summed E-state index contributed by atoms with van der Waals surface area (Å²) in [5.41, 5.74) is 0.592. The number of rotatable bonds is 6. The average Bonchev–Trinajstić information content (AvgIpc) is 3.48. The van der Waals surface area contributed by atoms with Gasteiger partial charge in [0, 0.05) is 17.7 Å². The van der Waals surface area contributed by atoms with Crippen molar-refractivity contribution < 1.29 is 42.9 Å². The first-order chi connectivity index (χ1) is 23.1. The van der Waals surface area contributed by atoms with E-state index in [4.69, 9.17) is 38.2 Å². The second kappa shape index (κ2) is 11.9. The van der Waals surface area contributed by atoms with Crippen LogP contribution in [-0.2, 0) is 0 Å². The molecule has 0 aromatic heterocycles. The van der Waals surface area contributed by atoms with Crippen LogP contribution in [0.25, 0.3) is 0 Å².